The molecule has 3 aliphatic rings. The predicted octanol–water partition coefficient (Wildman–Crippen LogP) is 4.52. The molecule has 7 atom stereocenters. The molecule has 1 N–H and O–H groups in total. The Balaban J connectivity index is 1.76. The zero-order valence-electron chi connectivity index (χ0n) is 23.2. The van der Waals surface area contributed by atoms with E-state index in [4.69, 9.17) is 4.74 Å². The number of aliphatic hydroxyl groups is 1. The number of ether oxygens (including phenoxy) is 1. The molecule has 39 heavy (non-hydrogen) atoms. The molecule has 2 bridgehead atoms. The molecule has 3 heterocycles. The SMILES string of the molecule is C=CCCCOC(=O)[C@@H]1[C@H]2C(=O)N([C@H](CO)c3ccccc3)C(C(=O)N(CC=C)C(C)CCC)C23CC[C@H]1S3. The smallest absolute Gasteiger partial charge is 0.310 e. The molecule has 1 spiro atoms. The van der Waals surface area contributed by atoms with Gasteiger partial charge in [0.15, 0.2) is 0 Å². The Kier molecular flexibility index (Phi) is 9.60. The number of hydrogen-bond acceptors (Lipinski definition) is 6. The van der Waals surface area contributed by atoms with Gasteiger partial charge in [-0.05, 0) is 44.6 Å². The van der Waals surface area contributed by atoms with Gasteiger partial charge in [-0.15, -0.1) is 24.9 Å². The third kappa shape index (κ3) is 5.30. The largest absolute Gasteiger partial charge is 0.465 e. The number of allylic oxidation sites excluding steroid dienone is 1. The lowest BCUT2D eigenvalue weighted by molar-refractivity contribution is -0.154. The summed E-state index contributed by atoms with van der Waals surface area (Å²) < 4.78 is 4.92. The van der Waals surface area contributed by atoms with Gasteiger partial charge in [0.2, 0.25) is 11.8 Å². The first-order valence-electron chi connectivity index (χ1n) is 14.2. The molecular weight excluding hydrogens is 512 g/mol. The number of thioether (sulfide) groups is 1. The Morgan fingerprint density at radius 2 is 2.03 bits per heavy atom. The molecular formula is C31H42N2O5S. The monoisotopic (exact) mass is 554 g/mol. The van der Waals surface area contributed by atoms with Crippen LogP contribution in [0.1, 0.15) is 64.0 Å². The molecule has 3 saturated heterocycles. The highest BCUT2D eigenvalue weighted by molar-refractivity contribution is 8.02. The van der Waals surface area contributed by atoms with Crippen LogP contribution in [0.5, 0.6) is 0 Å². The number of carbonyl (C=O) groups is 3. The van der Waals surface area contributed by atoms with Gasteiger partial charge in [-0.3, -0.25) is 14.4 Å². The van der Waals surface area contributed by atoms with Gasteiger partial charge in [0.05, 0.1) is 35.8 Å². The standard InChI is InChI=1S/C31H42N2O5S/c1-5-8-12-19-38-30(37)25-24-16-17-31(39-24)26(25)28(35)33(23(20-34)22-14-10-9-11-15-22)27(31)29(36)32(18-7-3)21(4)13-6-2/h5,7,9-11,14-15,21,23-27,34H,1,3,6,8,12-13,16-20H2,2,4H3/t21?,23-,24-,25+,26+,27?,31?/m1/s1. The summed E-state index contributed by atoms with van der Waals surface area (Å²) in [6.07, 6.45) is 8.11. The highest BCUT2D eigenvalue weighted by Gasteiger charge is 2.75. The molecule has 3 unspecified atom stereocenters. The molecule has 8 heteroatoms. The minimum absolute atomic E-state index is 0.0357. The first-order valence-corrected chi connectivity index (χ1v) is 15.1. The van der Waals surface area contributed by atoms with Crippen molar-refractivity contribution >= 4 is 29.5 Å². The van der Waals surface area contributed by atoms with Crippen LogP contribution in [0.2, 0.25) is 0 Å². The molecule has 0 saturated carbocycles. The van der Waals surface area contributed by atoms with Crippen LogP contribution in [-0.4, -0.2) is 74.5 Å². The van der Waals surface area contributed by atoms with E-state index in [0.29, 0.717) is 19.4 Å². The summed E-state index contributed by atoms with van der Waals surface area (Å²) >= 11 is 1.62. The van der Waals surface area contributed by atoms with Gasteiger partial charge in [0, 0.05) is 17.8 Å². The first kappa shape index (κ1) is 29.4. The summed E-state index contributed by atoms with van der Waals surface area (Å²) in [7, 11) is 0. The minimum atomic E-state index is -0.792. The maximum atomic E-state index is 14.6. The fourth-order valence-corrected chi connectivity index (χ4v) is 9.04. The molecule has 7 nitrogen and oxygen atoms in total. The topological polar surface area (TPSA) is 87.1 Å². The summed E-state index contributed by atoms with van der Waals surface area (Å²) in [5, 5.41) is 10.6. The van der Waals surface area contributed by atoms with Crippen LogP contribution in [0.25, 0.3) is 0 Å². The number of likely N-dealkylation sites (tertiary alicyclic amines) is 1. The number of aliphatic hydroxyl groups excluding tert-OH is 1. The Morgan fingerprint density at radius 3 is 2.67 bits per heavy atom. The molecule has 0 radical (unpaired) electrons. The molecule has 3 aliphatic heterocycles. The summed E-state index contributed by atoms with van der Waals surface area (Å²) in [5.41, 5.74) is 0.766. The molecule has 1 aromatic rings. The van der Waals surface area contributed by atoms with Gasteiger partial charge in [-0.1, -0.05) is 55.8 Å². The second kappa shape index (κ2) is 12.7. The fraction of sp³-hybridized carbons (Fsp3) is 0.581. The van der Waals surface area contributed by atoms with Crippen molar-refractivity contribution in [3.8, 4) is 0 Å². The summed E-state index contributed by atoms with van der Waals surface area (Å²) in [6.45, 7) is 12.1. The number of carbonyl (C=O) groups excluding carboxylic acids is 3. The summed E-state index contributed by atoms with van der Waals surface area (Å²) in [6, 6.07) is 7.85. The van der Waals surface area contributed by atoms with Crippen LogP contribution in [0.3, 0.4) is 0 Å². The maximum Gasteiger partial charge on any atom is 0.310 e. The second-order valence-corrected chi connectivity index (χ2v) is 12.5. The number of hydrogen-bond donors (Lipinski definition) is 1. The number of fused-ring (bicyclic) bond motifs is 1. The van der Waals surface area contributed by atoms with E-state index in [1.165, 1.54) is 0 Å². The van der Waals surface area contributed by atoms with E-state index < -0.39 is 28.7 Å². The van der Waals surface area contributed by atoms with Gasteiger partial charge >= 0.3 is 5.97 Å². The molecule has 2 amide bonds. The van der Waals surface area contributed by atoms with Crippen molar-refractivity contribution < 1.29 is 24.2 Å². The highest BCUT2D eigenvalue weighted by atomic mass is 32.2. The van der Waals surface area contributed by atoms with Gasteiger partial charge < -0.3 is 19.6 Å². The van der Waals surface area contributed by atoms with Crippen LogP contribution in [-0.2, 0) is 19.1 Å². The van der Waals surface area contributed by atoms with E-state index >= 15 is 0 Å². The number of amides is 2. The van der Waals surface area contributed by atoms with Crippen molar-refractivity contribution in [1.82, 2.24) is 9.80 Å². The first-order chi connectivity index (χ1) is 18.9. The minimum Gasteiger partial charge on any atom is -0.465 e. The van der Waals surface area contributed by atoms with E-state index in [9.17, 15) is 19.5 Å². The Labute approximate surface area is 236 Å². The number of esters is 1. The quantitative estimate of drug-likeness (QED) is 0.207. The predicted molar refractivity (Wildman–Crippen MR) is 154 cm³/mol. The Hall–Kier alpha value is -2.58. The number of benzene rings is 1. The molecule has 1 aromatic carbocycles. The third-order valence-electron chi connectivity index (χ3n) is 8.58. The van der Waals surface area contributed by atoms with Crippen molar-refractivity contribution in [2.24, 2.45) is 11.8 Å². The van der Waals surface area contributed by atoms with Crippen LogP contribution in [0.4, 0.5) is 0 Å². The Bertz CT molecular complexity index is 1060. The molecule has 3 fully saturated rings. The summed E-state index contributed by atoms with van der Waals surface area (Å²) in [5.74, 6) is -1.98. The summed E-state index contributed by atoms with van der Waals surface area (Å²) in [4.78, 5) is 45.8. The average Bonchev–Trinajstić information content (AvgIpc) is 3.58. The molecule has 0 aliphatic carbocycles. The van der Waals surface area contributed by atoms with Crippen LogP contribution < -0.4 is 0 Å². The van der Waals surface area contributed by atoms with E-state index in [0.717, 1.165) is 31.2 Å². The maximum absolute atomic E-state index is 14.6. The van der Waals surface area contributed by atoms with E-state index in [1.54, 1.807) is 28.8 Å². The van der Waals surface area contributed by atoms with Crippen molar-refractivity contribution in [1.29, 1.82) is 0 Å². The van der Waals surface area contributed by atoms with Crippen LogP contribution in [0, 0.1) is 11.8 Å². The van der Waals surface area contributed by atoms with Gasteiger partial charge in [-0.25, -0.2) is 0 Å². The highest BCUT2D eigenvalue weighted by Crippen LogP contribution is 2.67. The normalized spacial score (nSPS) is 28.6. The Morgan fingerprint density at radius 1 is 1.28 bits per heavy atom. The van der Waals surface area contributed by atoms with Gasteiger partial charge in [-0.2, -0.15) is 0 Å². The van der Waals surface area contributed by atoms with Gasteiger partial charge in [0.25, 0.3) is 0 Å². The number of rotatable bonds is 14. The lowest BCUT2D eigenvalue weighted by atomic mass is 9.71. The lowest BCUT2D eigenvalue weighted by Gasteiger charge is -2.41. The average molecular weight is 555 g/mol. The van der Waals surface area contributed by atoms with E-state index in [2.05, 4.69) is 20.1 Å². The van der Waals surface area contributed by atoms with Crippen molar-refractivity contribution in [3.05, 3.63) is 61.2 Å². The van der Waals surface area contributed by atoms with Crippen molar-refractivity contribution in [2.45, 2.75) is 80.5 Å². The van der Waals surface area contributed by atoms with E-state index in [1.807, 2.05) is 42.2 Å². The molecule has 212 valence electrons. The molecule has 0 aromatic heterocycles. The van der Waals surface area contributed by atoms with Crippen molar-refractivity contribution in [2.75, 3.05) is 19.8 Å². The van der Waals surface area contributed by atoms with E-state index in [-0.39, 0.29) is 42.3 Å². The fourth-order valence-electron chi connectivity index (χ4n) is 6.86. The van der Waals surface area contributed by atoms with Crippen molar-refractivity contribution in [3.63, 3.8) is 0 Å². The second-order valence-electron chi connectivity index (χ2n) is 10.9. The number of nitrogens with zero attached hydrogens (tertiary/aromatic N) is 2. The lowest BCUT2D eigenvalue weighted by Crippen LogP contribution is -2.57. The van der Waals surface area contributed by atoms with Crippen LogP contribution >= 0.6 is 11.8 Å². The number of unbranched alkanes of at least 4 members (excludes halogenated alkanes) is 1. The van der Waals surface area contributed by atoms with Gasteiger partial charge in [0.1, 0.15) is 6.04 Å². The third-order valence-corrected chi connectivity index (χ3v) is 10.5. The van der Waals surface area contributed by atoms with Crippen LogP contribution in [0.15, 0.2) is 55.6 Å². The molecule has 4 rings (SSSR count). The zero-order valence-corrected chi connectivity index (χ0v) is 24.0. The zero-order chi connectivity index (χ0) is 28.2.